The summed E-state index contributed by atoms with van der Waals surface area (Å²) < 4.78 is 10.5. The van der Waals surface area contributed by atoms with Crippen molar-refractivity contribution in [1.82, 2.24) is 4.90 Å². The Bertz CT molecular complexity index is 809. The monoisotopic (exact) mass is 376 g/mol. The molecule has 1 aliphatic rings. The van der Waals surface area contributed by atoms with Crippen LogP contribution in [0.2, 0.25) is 0 Å². The first kappa shape index (κ1) is 18.7. The van der Waals surface area contributed by atoms with Gasteiger partial charge >= 0.3 is 5.97 Å². The first-order valence-electron chi connectivity index (χ1n) is 8.74. The molecule has 0 saturated heterocycles. The predicted molar refractivity (Wildman–Crippen MR) is 101 cm³/mol. The highest BCUT2D eigenvalue weighted by Crippen LogP contribution is 2.38. The number of nitrogens with zero attached hydrogens (tertiary/aromatic N) is 1. The third-order valence-corrected chi connectivity index (χ3v) is 5.66. The predicted octanol–water partition coefficient (Wildman–Crippen LogP) is 3.39. The average Bonchev–Trinajstić information content (AvgIpc) is 3.16. The number of carbonyl (C=O) groups excluding carboxylic acids is 2. The summed E-state index contributed by atoms with van der Waals surface area (Å²) in [6.45, 7) is 2.65. The first-order chi connectivity index (χ1) is 12.5. The highest BCUT2D eigenvalue weighted by molar-refractivity contribution is 7.17. The van der Waals surface area contributed by atoms with E-state index in [2.05, 4.69) is 5.32 Å². The van der Waals surface area contributed by atoms with E-state index >= 15 is 0 Å². The Morgan fingerprint density at radius 2 is 2.08 bits per heavy atom. The zero-order valence-electron chi connectivity index (χ0n) is 15.4. The molecule has 7 heteroatoms. The van der Waals surface area contributed by atoms with Crippen molar-refractivity contribution in [3.63, 3.8) is 0 Å². The van der Waals surface area contributed by atoms with Gasteiger partial charge in [-0.05, 0) is 57.4 Å². The summed E-state index contributed by atoms with van der Waals surface area (Å²) in [6.07, 6.45) is 4.00. The molecule has 1 amide bonds. The van der Waals surface area contributed by atoms with Crippen LogP contribution in [0.3, 0.4) is 0 Å². The van der Waals surface area contributed by atoms with E-state index in [1.54, 1.807) is 0 Å². The highest BCUT2D eigenvalue weighted by Gasteiger charge is 2.27. The van der Waals surface area contributed by atoms with Crippen LogP contribution in [0.1, 0.15) is 45.2 Å². The number of likely N-dealkylation sites (N-methyl/N-ethyl adjacent to an activating group) is 1. The van der Waals surface area contributed by atoms with Gasteiger partial charge in [-0.3, -0.25) is 9.69 Å². The van der Waals surface area contributed by atoms with Crippen LogP contribution in [0.15, 0.2) is 16.5 Å². The van der Waals surface area contributed by atoms with E-state index in [9.17, 15) is 9.59 Å². The van der Waals surface area contributed by atoms with Crippen molar-refractivity contribution < 1.29 is 18.7 Å². The SMILES string of the molecule is COC(=O)c1c(NC(=O)CN(C)Cc2ccc(C)o2)sc2c1CCCC2. The molecular formula is C19H24N2O4S. The second-order valence-corrected chi connectivity index (χ2v) is 7.74. The maximum atomic E-state index is 12.5. The summed E-state index contributed by atoms with van der Waals surface area (Å²) in [5.74, 6) is 1.14. The van der Waals surface area contributed by atoms with E-state index in [1.807, 2.05) is 31.0 Å². The summed E-state index contributed by atoms with van der Waals surface area (Å²) in [5.41, 5.74) is 1.58. The van der Waals surface area contributed by atoms with Crippen molar-refractivity contribution in [2.24, 2.45) is 0 Å². The largest absolute Gasteiger partial charge is 0.465 e. The highest BCUT2D eigenvalue weighted by atomic mass is 32.1. The van der Waals surface area contributed by atoms with Crippen molar-refractivity contribution in [2.45, 2.75) is 39.2 Å². The van der Waals surface area contributed by atoms with Crippen LogP contribution >= 0.6 is 11.3 Å². The van der Waals surface area contributed by atoms with Gasteiger partial charge in [-0.2, -0.15) is 0 Å². The van der Waals surface area contributed by atoms with Gasteiger partial charge < -0.3 is 14.5 Å². The maximum Gasteiger partial charge on any atom is 0.341 e. The number of fused-ring (bicyclic) bond motifs is 1. The molecule has 6 nitrogen and oxygen atoms in total. The number of carbonyl (C=O) groups is 2. The number of ether oxygens (including phenoxy) is 1. The zero-order valence-corrected chi connectivity index (χ0v) is 16.2. The molecular weight excluding hydrogens is 352 g/mol. The van der Waals surface area contributed by atoms with Crippen LogP contribution in [-0.4, -0.2) is 37.5 Å². The average molecular weight is 376 g/mol. The Morgan fingerprint density at radius 3 is 2.77 bits per heavy atom. The molecule has 1 N–H and O–H groups in total. The smallest absolute Gasteiger partial charge is 0.341 e. The Hall–Kier alpha value is -2.12. The molecule has 0 saturated carbocycles. The fourth-order valence-electron chi connectivity index (χ4n) is 3.28. The summed E-state index contributed by atoms with van der Waals surface area (Å²) in [4.78, 5) is 27.8. The Kier molecular flexibility index (Phi) is 5.78. The summed E-state index contributed by atoms with van der Waals surface area (Å²) in [7, 11) is 3.23. The lowest BCUT2D eigenvalue weighted by molar-refractivity contribution is -0.117. The maximum absolute atomic E-state index is 12.5. The number of methoxy groups -OCH3 is 1. The zero-order chi connectivity index (χ0) is 18.7. The van der Waals surface area contributed by atoms with Gasteiger partial charge in [0, 0.05) is 4.88 Å². The van der Waals surface area contributed by atoms with Gasteiger partial charge in [-0.15, -0.1) is 11.3 Å². The topological polar surface area (TPSA) is 71.8 Å². The summed E-state index contributed by atoms with van der Waals surface area (Å²) >= 11 is 1.50. The van der Waals surface area contributed by atoms with Crippen LogP contribution in [0.4, 0.5) is 5.00 Å². The quantitative estimate of drug-likeness (QED) is 0.783. The van der Waals surface area contributed by atoms with E-state index in [0.29, 0.717) is 17.1 Å². The second-order valence-electron chi connectivity index (χ2n) is 6.64. The standard InChI is InChI=1S/C19H24N2O4S/c1-12-8-9-13(25-12)10-21(2)11-16(22)20-18-17(19(23)24-3)14-6-4-5-7-15(14)26-18/h8-9H,4-7,10-11H2,1-3H3,(H,20,22). The lowest BCUT2D eigenvalue weighted by Crippen LogP contribution is -2.30. The summed E-state index contributed by atoms with van der Waals surface area (Å²) in [5, 5.41) is 3.52. The van der Waals surface area contributed by atoms with Crippen LogP contribution < -0.4 is 5.32 Å². The van der Waals surface area contributed by atoms with Gasteiger partial charge in [0.15, 0.2) is 0 Å². The molecule has 0 spiro atoms. The van der Waals surface area contributed by atoms with Crippen LogP contribution in [0, 0.1) is 6.92 Å². The first-order valence-corrected chi connectivity index (χ1v) is 9.56. The minimum absolute atomic E-state index is 0.153. The molecule has 0 aliphatic heterocycles. The van der Waals surface area contributed by atoms with E-state index in [4.69, 9.17) is 9.15 Å². The van der Waals surface area contributed by atoms with E-state index in [1.165, 1.54) is 23.3 Å². The molecule has 2 aromatic rings. The van der Waals surface area contributed by atoms with Crippen molar-refractivity contribution in [3.8, 4) is 0 Å². The number of thiophene rings is 1. The molecule has 0 fully saturated rings. The minimum atomic E-state index is -0.376. The molecule has 2 aromatic heterocycles. The van der Waals surface area contributed by atoms with Crippen LogP contribution in [0.25, 0.3) is 0 Å². The lowest BCUT2D eigenvalue weighted by atomic mass is 9.95. The van der Waals surface area contributed by atoms with Gasteiger partial charge in [-0.25, -0.2) is 4.79 Å². The molecule has 1 aliphatic carbocycles. The molecule has 0 atom stereocenters. The molecule has 26 heavy (non-hydrogen) atoms. The number of hydrogen-bond donors (Lipinski definition) is 1. The van der Waals surface area contributed by atoms with Crippen molar-refractivity contribution in [3.05, 3.63) is 39.7 Å². The second kappa shape index (κ2) is 8.05. The van der Waals surface area contributed by atoms with Gasteiger partial charge in [0.1, 0.15) is 16.5 Å². The minimum Gasteiger partial charge on any atom is -0.465 e. The van der Waals surface area contributed by atoms with Crippen molar-refractivity contribution in [1.29, 1.82) is 0 Å². The van der Waals surface area contributed by atoms with Crippen molar-refractivity contribution >= 4 is 28.2 Å². The molecule has 0 radical (unpaired) electrons. The Morgan fingerprint density at radius 1 is 1.31 bits per heavy atom. The molecule has 2 heterocycles. The van der Waals surface area contributed by atoms with Crippen LogP contribution in [-0.2, 0) is 28.9 Å². The van der Waals surface area contributed by atoms with Gasteiger partial charge in [0.2, 0.25) is 5.91 Å². The van der Waals surface area contributed by atoms with E-state index in [-0.39, 0.29) is 18.4 Å². The molecule has 3 rings (SSSR count). The number of nitrogens with one attached hydrogen (secondary N) is 1. The Balaban J connectivity index is 1.68. The fraction of sp³-hybridized carbons (Fsp3) is 0.474. The Labute approximate surface area is 157 Å². The van der Waals surface area contributed by atoms with Crippen LogP contribution in [0.5, 0.6) is 0 Å². The molecule has 140 valence electrons. The molecule has 0 aromatic carbocycles. The number of anilines is 1. The molecule has 0 bridgehead atoms. The van der Waals surface area contributed by atoms with E-state index in [0.717, 1.165) is 42.8 Å². The van der Waals surface area contributed by atoms with Gasteiger partial charge in [-0.1, -0.05) is 0 Å². The number of amides is 1. The lowest BCUT2D eigenvalue weighted by Gasteiger charge is -2.15. The summed E-state index contributed by atoms with van der Waals surface area (Å²) in [6, 6.07) is 3.81. The number of aryl methyl sites for hydroxylation is 2. The number of hydrogen-bond acceptors (Lipinski definition) is 6. The molecule has 0 unspecified atom stereocenters. The number of rotatable bonds is 6. The number of esters is 1. The van der Waals surface area contributed by atoms with Gasteiger partial charge in [0.25, 0.3) is 0 Å². The normalized spacial score (nSPS) is 13.5. The third-order valence-electron chi connectivity index (χ3n) is 4.45. The number of furan rings is 1. The third kappa shape index (κ3) is 4.16. The van der Waals surface area contributed by atoms with E-state index < -0.39 is 0 Å². The van der Waals surface area contributed by atoms with Crippen molar-refractivity contribution in [2.75, 3.05) is 26.0 Å². The van der Waals surface area contributed by atoms with Gasteiger partial charge in [0.05, 0.1) is 25.8 Å². The fourth-order valence-corrected chi connectivity index (χ4v) is 4.57.